The fourth-order valence-corrected chi connectivity index (χ4v) is 7.41. The minimum atomic E-state index is -1.62. The van der Waals surface area contributed by atoms with Gasteiger partial charge in [-0.1, -0.05) is 90.9 Å². The summed E-state index contributed by atoms with van der Waals surface area (Å²) in [5.74, 6) is -9.88. The maximum absolute atomic E-state index is 13.6. The van der Waals surface area contributed by atoms with E-state index in [1.54, 1.807) is 13.1 Å². The van der Waals surface area contributed by atoms with Crippen molar-refractivity contribution < 1.29 is 53.4 Å². The Balaban J connectivity index is 2.86. The van der Waals surface area contributed by atoms with Crippen LogP contribution in [-0.2, 0) is 49.6 Å². The highest BCUT2D eigenvalue weighted by atomic mass is 16.3. The average molecular weight is 904 g/mol. The minimum Gasteiger partial charge on any atom is -0.396 e. The zero-order valence-corrected chi connectivity index (χ0v) is 38.6. The molecule has 362 valence electrons. The van der Waals surface area contributed by atoms with Crippen molar-refractivity contribution in [3.05, 3.63) is 18.2 Å². The molecule has 5 amide bonds. The van der Waals surface area contributed by atoms with Crippen LogP contribution < -0.4 is 27.4 Å². The van der Waals surface area contributed by atoms with Gasteiger partial charge in [-0.15, -0.1) is 0 Å². The molecule has 18 heteroatoms. The van der Waals surface area contributed by atoms with Crippen LogP contribution in [0.4, 0.5) is 0 Å². The molecule has 0 aromatic carbocycles. The van der Waals surface area contributed by atoms with Crippen LogP contribution in [0.5, 0.6) is 0 Å². The predicted octanol–water partition coefficient (Wildman–Crippen LogP) is 3.13. The highest BCUT2D eigenvalue weighted by Crippen LogP contribution is 2.19. The van der Waals surface area contributed by atoms with Crippen LogP contribution in [0.25, 0.3) is 0 Å². The maximum atomic E-state index is 13.6. The number of imidazole rings is 1. The number of primary amides is 2. The second-order valence-corrected chi connectivity index (χ2v) is 17.1. The first-order valence-electron chi connectivity index (χ1n) is 23.3. The summed E-state index contributed by atoms with van der Waals surface area (Å²) >= 11 is 0. The Morgan fingerprint density at radius 1 is 0.641 bits per heavy atom. The number of amides is 5. The van der Waals surface area contributed by atoms with Crippen LogP contribution in [0.3, 0.4) is 0 Å². The molecule has 0 aliphatic rings. The summed E-state index contributed by atoms with van der Waals surface area (Å²) in [5, 5.41) is 27.9. The zero-order chi connectivity index (χ0) is 48.0. The molecule has 64 heavy (non-hydrogen) atoms. The summed E-state index contributed by atoms with van der Waals surface area (Å²) < 4.78 is 0. The minimum absolute atomic E-state index is 0.0182. The number of carbonyl (C=O) groups is 9. The molecule has 0 bridgehead atoms. The molecular formula is C46H77N7O11. The van der Waals surface area contributed by atoms with Gasteiger partial charge in [0, 0.05) is 56.8 Å². The predicted molar refractivity (Wildman–Crippen MR) is 240 cm³/mol. The SMILES string of the molecule is CCCCCCCCCCCCCCCC(=O)C[C@@H](Cc1cnc[nH]1)C(=O)N[C@@H](C)C(=O)C[C@H](C(=O)N[C@@H](CC(N)=O)C(=O)C[C@@H](CO)C(=O)N[C@@H](CCC(N)=O)C(=O)CC)[C@@H](C)O. The van der Waals surface area contributed by atoms with Gasteiger partial charge in [-0.25, -0.2) is 4.98 Å². The summed E-state index contributed by atoms with van der Waals surface area (Å²) in [6, 6.07) is -3.89. The number of unbranched alkanes of at least 4 members (excludes halogenated alkanes) is 12. The van der Waals surface area contributed by atoms with Crippen molar-refractivity contribution in [1.82, 2.24) is 25.9 Å². The number of aliphatic hydroxyl groups is 2. The number of aromatic nitrogens is 2. The van der Waals surface area contributed by atoms with Gasteiger partial charge in [-0.3, -0.25) is 43.2 Å². The first-order valence-corrected chi connectivity index (χ1v) is 23.3. The van der Waals surface area contributed by atoms with Gasteiger partial charge < -0.3 is 42.6 Å². The molecule has 18 nitrogen and oxygen atoms in total. The largest absolute Gasteiger partial charge is 0.396 e. The van der Waals surface area contributed by atoms with Crippen molar-refractivity contribution >= 4 is 52.7 Å². The van der Waals surface area contributed by atoms with Crippen LogP contribution >= 0.6 is 0 Å². The van der Waals surface area contributed by atoms with Gasteiger partial charge in [-0.05, 0) is 26.7 Å². The van der Waals surface area contributed by atoms with Crippen molar-refractivity contribution in [3.63, 3.8) is 0 Å². The van der Waals surface area contributed by atoms with Crippen LogP contribution in [0.2, 0.25) is 0 Å². The molecular weight excluding hydrogens is 827 g/mol. The van der Waals surface area contributed by atoms with Gasteiger partial charge in [-0.2, -0.15) is 0 Å². The summed E-state index contributed by atoms with van der Waals surface area (Å²) in [4.78, 5) is 123. The van der Waals surface area contributed by atoms with Crippen LogP contribution in [0, 0.1) is 17.8 Å². The molecule has 1 heterocycles. The Bertz CT molecular complexity index is 1620. The van der Waals surface area contributed by atoms with Crippen LogP contribution in [0.1, 0.15) is 168 Å². The first kappa shape index (κ1) is 57.2. The van der Waals surface area contributed by atoms with Gasteiger partial charge in [0.1, 0.15) is 5.78 Å². The molecule has 1 aromatic heterocycles. The number of aliphatic hydroxyl groups excluding tert-OH is 2. The Labute approximate surface area is 378 Å². The molecule has 1 aromatic rings. The standard InChI is InChI=1S/C46H77N7O11/c1-5-7-8-9-10-11-12-13-14-15-16-17-18-19-35(56)23-32(22-34-27-49-29-50-34)44(62)51-30(3)40(58)25-36(31(4)55)46(64)53-38(26-43(48)61)41(59)24-33(28-54)45(63)52-37(39(57)6-2)20-21-42(47)60/h27,29-33,36-38,54-55H,5-26,28H2,1-4H3,(H2,47,60)(H2,48,61)(H,49,50)(H,51,62)(H,52,63)(H,53,64)/t30-,31+,32+,33-,36-,37-,38-/m0/s1. The van der Waals surface area contributed by atoms with Crippen molar-refractivity contribution in [1.29, 1.82) is 0 Å². The first-order chi connectivity index (χ1) is 30.4. The highest BCUT2D eigenvalue weighted by Gasteiger charge is 2.35. The van der Waals surface area contributed by atoms with Gasteiger partial charge in [0.05, 0.1) is 61.3 Å². The summed E-state index contributed by atoms with van der Waals surface area (Å²) in [5.41, 5.74) is 11.2. The third-order valence-electron chi connectivity index (χ3n) is 11.5. The van der Waals surface area contributed by atoms with Crippen molar-refractivity contribution in [2.45, 2.75) is 193 Å². The number of nitrogens with zero attached hydrogens (tertiary/aromatic N) is 1. The van der Waals surface area contributed by atoms with Crippen LogP contribution in [0.15, 0.2) is 12.5 Å². The number of carbonyl (C=O) groups excluding carboxylic acids is 9. The van der Waals surface area contributed by atoms with Crippen molar-refractivity contribution in [3.8, 4) is 0 Å². The van der Waals surface area contributed by atoms with E-state index in [4.69, 9.17) is 11.5 Å². The number of ketones is 4. The van der Waals surface area contributed by atoms with Gasteiger partial charge in [0.25, 0.3) is 0 Å². The molecule has 10 N–H and O–H groups in total. The van der Waals surface area contributed by atoms with Crippen molar-refractivity contribution in [2.75, 3.05) is 6.61 Å². The van der Waals surface area contributed by atoms with E-state index in [1.807, 2.05) is 0 Å². The number of hydrogen-bond acceptors (Lipinski definition) is 12. The van der Waals surface area contributed by atoms with Gasteiger partial charge in [0.2, 0.25) is 29.5 Å². The molecule has 1 rings (SSSR count). The van der Waals surface area contributed by atoms with E-state index in [2.05, 4.69) is 32.8 Å². The smallest absolute Gasteiger partial charge is 0.226 e. The second-order valence-electron chi connectivity index (χ2n) is 17.1. The van der Waals surface area contributed by atoms with E-state index in [0.29, 0.717) is 12.1 Å². The normalized spacial score (nSPS) is 14.5. The van der Waals surface area contributed by atoms with E-state index in [1.165, 1.54) is 78.0 Å². The lowest BCUT2D eigenvalue weighted by molar-refractivity contribution is -0.138. The lowest BCUT2D eigenvalue weighted by Gasteiger charge is -2.25. The summed E-state index contributed by atoms with van der Waals surface area (Å²) in [6.07, 6.45) is 15.0. The van der Waals surface area contributed by atoms with E-state index < -0.39 is 115 Å². The second kappa shape index (κ2) is 32.8. The number of aromatic amines is 1. The fraction of sp³-hybridized carbons (Fsp3) is 0.739. The number of nitrogens with two attached hydrogens (primary N) is 2. The number of nitrogens with one attached hydrogen (secondary N) is 4. The van der Waals surface area contributed by atoms with E-state index >= 15 is 0 Å². The van der Waals surface area contributed by atoms with Crippen molar-refractivity contribution in [2.24, 2.45) is 29.2 Å². The molecule has 0 fully saturated rings. The Hall–Kier alpha value is -4.84. The van der Waals surface area contributed by atoms with E-state index in [0.717, 1.165) is 25.7 Å². The number of H-pyrrole nitrogens is 1. The third-order valence-corrected chi connectivity index (χ3v) is 11.5. The number of Topliss-reactive ketones (excluding diaryl/α,β-unsaturated/α-hetero) is 4. The average Bonchev–Trinajstić information content (AvgIpc) is 3.76. The zero-order valence-electron chi connectivity index (χ0n) is 38.6. The van der Waals surface area contributed by atoms with Gasteiger partial charge in [0.15, 0.2) is 17.3 Å². The van der Waals surface area contributed by atoms with E-state index in [9.17, 15) is 53.4 Å². The Kier molecular flexibility index (Phi) is 29.3. The Morgan fingerprint density at radius 2 is 1.20 bits per heavy atom. The summed E-state index contributed by atoms with van der Waals surface area (Å²) in [7, 11) is 0. The van der Waals surface area contributed by atoms with Crippen LogP contribution in [-0.4, -0.2) is 104 Å². The molecule has 0 saturated heterocycles. The van der Waals surface area contributed by atoms with Gasteiger partial charge >= 0.3 is 0 Å². The molecule has 0 radical (unpaired) electrons. The summed E-state index contributed by atoms with van der Waals surface area (Å²) in [6.45, 7) is 5.56. The molecule has 0 unspecified atom stereocenters. The monoisotopic (exact) mass is 904 g/mol. The number of hydrogen-bond donors (Lipinski definition) is 8. The molecule has 0 spiro atoms. The maximum Gasteiger partial charge on any atom is 0.226 e. The fourth-order valence-electron chi connectivity index (χ4n) is 7.41. The molecule has 0 saturated carbocycles. The number of rotatable bonds is 39. The quantitative estimate of drug-likeness (QED) is 0.0442. The molecule has 7 atom stereocenters. The third kappa shape index (κ3) is 24.3. The Morgan fingerprint density at radius 3 is 1.70 bits per heavy atom. The lowest BCUT2D eigenvalue weighted by atomic mass is 9.91. The topological polar surface area (TPSA) is 311 Å². The van der Waals surface area contributed by atoms with E-state index in [-0.39, 0.29) is 37.9 Å². The highest BCUT2D eigenvalue weighted by molar-refractivity contribution is 5.98. The molecule has 0 aliphatic carbocycles. The lowest BCUT2D eigenvalue weighted by Crippen LogP contribution is -2.50. The molecule has 0 aliphatic heterocycles.